The molecule has 11 heteroatoms. The number of carbonyl (C=O) groups is 2. The molecule has 0 aliphatic rings. The molecule has 0 aliphatic carbocycles. The van der Waals surface area contributed by atoms with Gasteiger partial charge in [-0.05, 0) is 69.6 Å². The fourth-order valence-electron chi connectivity index (χ4n) is 3.59. The number of benzene rings is 1. The summed E-state index contributed by atoms with van der Waals surface area (Å²) in [5, 5.41) is 17.1. The second-order valence-electron chi connectivity index (χ2n) is 12.1. The molecule has 2 N–H and O–H groups in total. The number of ether oxygens (including phenoxy) is 2. The van der Waals surface area contributed by atoms with E-state index >= 15 is 0 Å². The molecule has 1 unspecified atom stereocenters. The van der Waals surface area contributed by atoms with Crippen LogP contribution < -0.4 is 10.1 Å². The molecule has 0 spiro atoms. The number of nitrogens with one attached hydrogen (secondary N) is 1. The van der Waals surface area contributed by atoms with Gasteiger partial charge in [-0.3, -0.25) is 4.98 Å². The van der Waals surface area contributed by atoms with E-state index in [0.29, 0.717) is 17.0 Å². The van der Waals surface area contributed by atoms with Crippen LogP contribution in [0.25, 0.3) is 22.0 Å². The van der Waals surface area contributed by atoms with Gasteiger partial charge in [0.1, 0.15) is 17.5 Å². The normalized spacial score (nSPS) is 13.3. The van der Waals surface area contributed by atoms with Gasteiger partial charge in [0.05, 0.1) is 30.6 Å². The van der Waals surface area contributed by atoms with Crippen molar-refractivity contribution in [3.8, 4) is 16.9 Å². The van der Waals surface area contributed by atoms with Crippen LogP contribution in [0.2, 0.25) is 18.1 Å². The average molecular weight is 557 g/mol. The van der Waals surface area contributed by atoms with E-state index in [1.165, 1.54) is 0 Å². The second-order valence-corrected chi connectivity index (χ2v) is 16.9. The minimum atomic E-state index is -2.07. The molecule has 39 heavy (non-hydrogen) atoms. The van der Waals surface area contributed by atoms with Gasteiger partial charge in [0.2, 0.25) is 0 Å². The summed E-state index contributed by atoms with van der Waals surface area (Å²) >= 11 is 0. The number of carboxylic acid groups (broad SMARTS) is 1. The standard InChI is InChI=1S/C28H40N4O6Si/c1-18-23-13-19(10-11-24(23)32(31-18)26(34)35)20-12-21(15-29-14-20)37-22(16-30-25(33)38-27(2,3)4)17-36-39(8,9)28(5,6)7/h10-15,22H,16-17H2,1-9H3,(H,30,33)(H,34,35). The molecule has 10 nitrogen and oxygen atoms in total. The van der Waals surface area contributed by atoms with Crippen LogP contribution in [0.3, 0.4) is 0 Å². The number of pyridine rings is 1. The number of aryl methyl sites for hydroxylation is 1. The van der Waals surface area contributed by atoms with E-state index in [0.717, 1.165) is 21.2 Å². The number of rotatable bonds is 8. The SMILES string of the molecule is Cc1nn(C(=O)O)c2ccc(-c3cncc(OC(CNC(=O)OC(C)(C)C)CO[Si](C)(C)C(C)(C)C)c3)cc12. The second kappa shape index (κ2) is 11.3. The third kappa shape index (κ3) is 7.79. The van der Waals surface area contributed by atoms with Crippen molar-refractivity contribution < 1.29 is 28.6 Å². The van der Waals surface area contributed by atoms with E-state index in [9.17, 15) is 14.7 Å². The van der Waals surface area contributed by atoms with Crippen molar-refractivity contribution in [1.29, 1.82) is 0 Å². The van der Waals surface area contributed by atoms with E-state index in [1.807, 2.05) is 39.0 Å². The van der Waals surface area contributed by atoms with Crippen LogP contribution in [-0.4, -0.2) is 65.2 Å². The monoisotopic (exact) mass is 556 g/mol. The lowest BCUT2D eigenvalue weighted by atomic mass is 10.0. The molecule has 0 fully saturated rings. The van der Waals surface area contributed by atoms with E-state index in [4.69, 9.17) is 13.9 Å². The smallest absolute Gasteiger partial charge is 0.432 e. The predicted octanol–water partition coefficient (Wildman–Crippen LogP) is 6.23. The van der Waals surface area contributed by atoms with Crippen molar-refractivity contribution in [2.24, 2.45) is 0 Å². The highest BCUT2D eigenvalue weighted by atomic mass is 28.4. The van der Waals surface area contributed by atoms with Gasteiger partial charge in [0, 0.05) is 17.1 Å². The largest absolute Gasteiger partial charge is 0.485 e. The number of nitrogens with zero attached hydrogens (tertiary/aromatic N) is 3. The summed E-state index contributed by atoms with van der Waals surface area (Å²) in [5.74, 6) is 0.514. The van der Waals surface area contributed by atoms with Crippen molar-refractivity contribution in [3.63, 3.8) is 0 Å². The van der Waals surface area contributed by atoms with Gasteiger partial charge in [0.25, 0.3) is 0 Å². The van der Waals surface area contributed by atoms with E-state index in [2.05, 4.69) is 49.3 Å². The first-order valence-corrected chi connectivity index (χ1v) is 15.8. The predicted molar refractivity (Wildman–Crippen MR) is 153 cm³/mol. The number of alkyl carbamates (subject to hydrolysis) is 1. The lowest BCUT2D eigenvalue weighted by Crippen LogP contribution is -2.46. The van der Waals surface area contributed by atoms with Crippen LogP contribution in [-0.2, 0) is 9.16 Å². The number of aromatic nitrogens is 3. The van der Waals surface area contributed by atoms with E-state index < -0.39 is 32.2 Å². The summed E-state index contributed by atoms with van der Waals surface area (Å²) in [4.78, 5) is 28.2. The maximum absolute atomic E-state index is 12.3. The van der Waals surface area contributed by atoms with Gasteiger partial charge >= 0.3 is 12.2 Å². The van der Waals surface area contributed by atoms with Crippen LogP contribution >= 0.6 is 0 Å². The average Bonchev–Trinajstić information content (AvgIpc) is 3.15. The summed E-state index contributed by atoms with van der Waals surface area (Å²) in [7, 11) is -2.07. The molecular weight excluding hydrogens is 516 g/mol. The molecule has 212 valence electrons. The van der Waals surface area contributed by atoms with Gasteiger partial charge in [0.15, 0.2) is 8.32 Å². The summed E-state index contributed by atoms with van der Waals surface area (Å²) < 4.78 is 19.0. The van der Waals surface area contributed by atoms with E-state index in [1.54, 1.807) is 25.4 Å². The molecule has 1 amide bonds. The Balaban J connectivity index is 1.83. The fourth-order valence-corrected chi connectivity index (χ4v) is 4.63. The number of hydrogen-bond acceptors (Lipinski definition) is 7. The lowest BCUT2D eigenvalue weighted by Gasteiger charge is -2.37. The molecule has 3 aromatic rings. The highest BCUT2D eigenvalue weighted by Crippen LogP contribution is 2.36. The first kappa shape index (κ1) is 30.1. The molecule has 0 bridgehead atoms. The van der Waals surface area contributed by atoms with Crippen molar-refractivity contribution >= 4 is 31.4 Å². The van der Waals surface area contributed by atoms with Gasteiger partial charge in [-0.15, -0.1) is 0 Å². The maximum atomic E-state index is 12.3. The van der Waals surface area contributed by atoms with Gasteiger partial charge in [-0.1, -0.05) is 26.8 Å². The Morgan fingerprint density at radius 2 is 1.77 bits per heavy atom. The lowest BCUT2D eigenvalue weighted by molar-refractivity contribution is 0.0478. The van der Waals surface area contributed by atoms with Crippen LogP contribution in [0, 0.1) is 6.92 Å². The Kier molecular flexibility index (Phi) is 8.76. The fraction of sp³-hybridized carbons (Fsp3) is 0.500. The minimum absolute atomic E-state index is 0.0167. The number of amides is 1. The Labute approximate surface area is 230 Å². The molecule has 1 aromatic carbocycles. The quantitative estimate of drug-likeness (QED) is 0.313. The zero-order valence-electron chi connectivity index (χ0n) is 24.3. The Morgan fingerprint density at radius 3 is 2.38 bits per heavy atom. The zero-order valence-corrected chi connectivity index (χ0v) is 25.3. The molecule has 3 rings (SSSR count). The van der Waals surface area contributed by atoms with Crippen molar-refractivity contribution in [2.75, 3.05) is 13.2 Å². The third-order valence-corrected chi connectivity index (χ3v) is 11.2. The number of hydrogen-bond donors (Lipinski definition) is 2. The van der Waals surface area contributed by atoms with Crippen LogP contribution in [0.1, 0.15) is 47.2 Å². The first-order valence-electron chi connectivity index (χ1n) is 12.9. The van der Waals surface area contributed by atoms with Gasteiger partial charge < -0.3 is 24.3 Å². The van der Waals surface area contributed by atoms with Gasteiger partial charge in [-0.2, -0.15) is 9.78 Å². The van der Waals surface area contributed by atoms with Crippen molar-refractivity contribution in [1.82, 2.24) is 20.1 Å². The maximum Gasteiger partial charge on any atom is 0.432 e. The molecule has 0 saturated heterocycles. The third-order valence-electron chi connectivity index (χ3n) is 6.70. The van der Waals surface area contributed by atoms with E-state index in [-0.39, 0.29) is 18.2 Å². The van der Waals surface area contributed by atoms with Crippen LogP contribution in [0.5, 0.6) is 5.75 Å². The number of carbonyl (C=O) groups excluding carboxylic acids is 1. The highest BCUT2D eigenvalue weighted by molar-refractivity contribution is 6.74. The first-order chi connectivity index (χ1) is 18.0. The van der Waals surface area contributed by atoms with Crippen LogP contribution in [0.15, 0.2) is 36.7 Å². The summed E-state index contributed by atoms with van der Waals surface area (Å²) in [6, 6.07) is 7.30. The topological polar surface area (TPSA) is 125 Å². The molecule has 1 atom stereocenters. The molecule has 2 aromatic heterocycles. The molecule has 0 aliphatic heterocycles. The van der Waals surface area contributed by atoms with Crippen molar-refractivity contribution in [3.05, 3.63) is 42.4 Å². The number of fused-ring (bicyclic) bond motifs is 1. The summed E-state index contributed by atoms with van der Waals surface area (Å²) in [6.45, 7) is 18.5. The zero-order chi connectivity index (χ0) is 29.2. The Hall–Kier alpha value is -3.44. The minimum Gasteiger partial charge on any atom is -0.485 e. The Morgan fingerprint density at radius 1 is 1.08 bits per heavy atom. The van der Waals surface area contributed by atoms with Gasteiger partial charge in [-0.25, -0.2) is 9.59 Å². The van der Waals surface area contributed by atoms with Crippen LogP contribution in [0.4, 0.5) is 9.59 Å². The summed E-state index contributed by atoms with van der Waals surface area (Å²) in [6.07, 6.45) is 1.18. The molecule has 0 radical (unpaired) electrons. The Bertz CT molecular complexity index is 1340. The van der Waals surface area contributed by atoms with Crippen molar-refractivity contribution in [2.45, 2.75) is 78.3 Å². The molecule has 0 saturated carbocycles. The highest BCUT2D eigenvalue weighted by Gasteiger charge is 2.38. The molecular formula is C28H40N4O6Si. The molecule has 2 heterocycles. The summed E-state index contributed by atoms with van der Waals surface area (Å²) in [5.41, 5.74) is 2.15.